The summed E-state index contributed by atoms with van der Waals surface area (Å²) in [4.78, 5) is 0. The van der Waals surface area contributed by atoms with Crippen LogP contribution < -0.4 is 11.3 Å². The monoisotopic (exact) mass is 306 g/mol. The summed E-state index contributed by atoms with van der Waals surface area (Å²) in [7, 11) is 0. The number of nitrogens with two attached hydrogens (primary N) is 1. The zero-order chi connectivity index (χ0) is 15.4. The Hall–Kier alpha value is -1.42. The normalized spacial score (nSPS) is 12.4. The molecule has 0 saturated heterocycles. The quantitative estimate of drug-likeness (QED) is 0.653. The van der Waals surface area contributed by atoms with Gasteiger partial charge in [-0.2, -0.15) is 0 Å². The van der Waals surface area contributed by atoms with E-state index < -0.39 is 5.82 Å². The van der Waals surface area contributed by atoms with E-state index in [0.29, 0.717) is 6.42 Å². The van der Waals surface area contributed by atoms with Crippen molar-refractivity contribution in [1.29, 1.82) is 0 Å². The number of hydrazine groups is 1. The molecule has 2 nitrogen and oxygen atoms in total. The minimum Gasteiger partial charge on any atom is -0.271 e. The Bertz CT molecular complexity index is 575. The largest absolute Gasteiger partial charge is 0.271 e. The molecule has 112 valence electrons. The maximum atomic E-state index is 13.5. The van der Waals surface area contributed by atoms with Crippen LogP contribution in [0.15, 0.2) is 36.4 Å². The van der Waals surface area contributed by atoms with Crippen molar-refractivity contribution in [3.05, 3.63) is 69.5 Å². The van der Waals surface area contributed by atoms with Gasteiger partial charge in [-0.25, -0.2) is 4.39 Å². The highest BCUT2D eigenvalue weighted by atomic mass is 35.5. The Morgan fingerprint density at radius 2 is 1.67 bits per heavy atom. The van der Waals surface area contributed by atoms with Gasteiger partial charge in [-0.15, -0.1) is 0 Å². The molecule has 1 atom stereocenters. The van der Waals surface area contributed by atoms with Gasteiger partial charge in [0.15, 0.2) is 0 Å². The van der Waals surface area contributed by atoms with Gasteiger partial charge < -0.3 is 0 Å². The van der Waals surface area contributed by atoms with Gasteiger partial charge in [0.05, 0.1) is 5.02 Å². The number of nitrogens with one attached hydrogen (secondary N) is 1. The first-order chi connectivity index (χ1) is 9.99. The van der Waals surface area contributed by atoms with Crippen molar-refractivity contribution in [2.75, 3.05) is 0 Å². The molecular weight excluding hydrogens is 287 g/mol. The lowest BCUT2D eigenvalue weighted by molar-refractivity contribution is 0.520. The Morgan fingerprint density at radius 3 is 2.24 bits per heavy atom. The fraction of sp³-hybridized carbons (Fsp3) is 0.294. The van der Waals surface area contributed by atoms with E-state index in [1.807, 2.05) is 6.07 Å². The van der Waals surface area contributed by atoms with Crippen LogP contribution in [0.2, 0.25) is 5.02 Å². The first kappa shape index (κ1) is 16.0. The highest BCUT2D eigenvalue weighted by molar-refractivity contribution is 6.30. The van der Waals surface area contributed by atoms with Crippen molar-refractivity contribution in [2.24, 2.45) is 5.84 Å². The van der Waals surface area contributed by atoms with E-state index in [4.69, 9.17) is 17.4 Å². The van der Waals surface area contributed by atoms with Crippen LogP contribution in [0, 0.1) is 19.7 Å². The molecule has 2 aromatic carbocycles. The Balaban J connectivity index is 2.08. The third kappa shape index (κ3) is 4.27. The van der Waals surface area contributed by atoms with Crippen molar-refractivity contribution in [3.8, 4) is 0 Å². The summed E-state index contributed by atoms with van der Waals surface area (Å²) in [6.45, 7) is 4.19. The molecule has 4 heteroatoms. The summed E-state index contributed by atoms with van der Waals surface area (Å²) < 4.78 is 13.5. The average Bonchev–Trinajstić information content (AvgIpc) is 2.46. The van der Waals surface area contributed by atoms with Gasteiger partial charge >= 0.3 is 0 Å². The summed E-state index contributed by atoms with van der Waals surface area (Å²) in [5, 5.41) is 0.144. The number of halogens is 2. The zero-order valence-electron chi connectivity index (χ0n) is 12.3. The predicted octanol–water partition coefficient (Wildman–Crippen LogP) is 3.71. The molecule has 0 heterocycles. The van der Waals surface area contributed by atoms with Crippen molar-refractivity contribution >= 4 is 11.6 Å². The maximum absolute atomic E-state index is 13.5. The highest BCUT2D eigenvalue weighted by Crippen LogP contribution is 2.18. The Labute approximate surface area is 130 Å². The van der Waals surface area contributed by atoms with E-state index in [0.717, 1.165) is 12.0 Å². The van der Waals surface area contributed by atoms with Crippen LogP contribution in [0.25, 0.3) is 0 Å². The molecule has 0 amide bonds. The van der Waals surface area contributed by atoms with Gasteiger partial charge in [0.2, 0.25) is 0 Å². The van der Waals surface area contributed by atoms with Crippen LogP contribution in [-0.4, -0.2) is 6.04 Å². The van der Waals surface area contributed by atoms with Gasteiger partial charge in [0, 0.05) is 6.04 Å². The molecule has 0 aliphatic heterocycles. The van der Waals surface area contributed by atoms with E-state index in [2.05, 4.69) is 37.5 Å². The molecule has 2 rings (SSSR count). The number of aryl methyl sites for hydroxylation is 2. The average molecular weight is 307 g/mol. The smallest absolute Gasteiger partial charge is 0.142 e. The number of rotatable bonds is 5. The maximum Gasteiger partial charge on any atom is 0.142 e. The Morgan fingerprint density at radius 1 is 1.05 bits per heavy atom. The van der Waals surface area contributed by atoms with Gasteiger partial charge in [-0.1, -0.05) is 35.9 Å². The molecule has 0 spiro atoms. The molecule has 0 fully saturated rings. The summed E-state index contributed by atoms with van der Waals surface area (Å²) in [5.41, 5.74) is 7.45. The van der Waals surface area contributed by atoms with Gasteiger partial charge in [0.25, 0.3) is 0 Å². The van der Waals surface area contributed by atoms with Crippen LogP contribution in [0.5, 0.6) is 0 Å². The first-order valence-corrected chi connectivity index (χ1v) is 7.33. The van der Waals surface area contributed by atoms with Crippen molar-refractivity contribution in [2.45, 2.75) is 32.7 Å². The fourth-order valence-electron chi connectivity index (χ4n) is 2.36. The van der Waals surface area contributed by atoms with Gasteiger partial charge in [0.1, 0.15) is 5.82 Å². The molecule has 0 bridgehead atoms. The molecule has 0 aliphatic rings. The Kier molecular flexibility index (Phi) is 5.34. The summed E-state index contributed by atoms with van der Waals surface area (Å²) >= 11 is 5.70. The van der Waals surface area contributed by atoms with Crippen LogP contribution in [0.4, 0.5) is 4.39 Å². The van der Waals surface area contributed by atoms with Crippen molar-refractivity contribution in [3.63, 3.8) is 0 Å². The second-order valence-corrected chi connectivity index (χ2v) is 5.85. The zero-order valence-corrected chi connectivity index (χ0v) is 13.0. The third-order valence-corrected chi connectivity index (χ3v) is 4.06. The van der Waals surface area contributed by atoms with Crippen LogP contribution in [0.1, 0.15) is 22.3 Å². The third-order valence-electron chi connectivity index (χ3n) is 3.76. The van der Waals surface area contributed by atoms with Crippen molar-refractivity contribution in [1.82, 2.24) is 5.43 Å². The lowest BCUT2D eigenvalue weighted by Gasteiger charge is -2.17. The standard InChI is InChI=1S/C17H20ClFN2/c1-11-3-4-13(7-12(11)2)8-15(21-20)9-14-5-6-16(18)17(19)10-14/h3-7,10,15,21H,8-9,20H2,1-2H3. The second kappa shape index (κ2) is 7.03. The minimum atomic E-state index is -0.392. The van der Waals surface area contributed by atoms with Crippen LogP contribution >= 0.6 is 11.6 Å². The van der Waals surface area contributed by atoms with Crippen LogP contribution in [-0.2, 0) is 12.8 Å². The van der Waals surface area contributed by atoms with E-state index >= 15 is 0 Å². The number of hydrogen-bond acceptors (Lipinski definition) is 2. The molecule has 2 aromatic rings. The van der Waals surface area contributed by atoms with E-state index in [1.54, 1.807) is 6.07 Å². The molecule has 21 heavy (non-hydrogen) atoms. The lowest BCUT2D eigenvalue weighted by atomic mass is 9.97. The first-order valence-electron chi connectivity index (χ1n) is 6.95. The van der Waals surface area contributed by atoms with E-state index in [-0.39, 0.29) is 11.1 Å². The van der Waals surface area contributed by atoms with Gasteiger partial charge in [-0.3, -0.25) is 11.3 Å². The molecule has 0 aliphatic carbocycles. The highest BCUT2D eigenvalue weighted by Gasteiger charge is 2.11. The topological polar surface area (TPSA) is 38.0 Å². The fourth-order valence-corrected chi connectivity index (χ4v) is 2.47. The predicted molar refractivity (Wildman–Crippen MR) is 85.8 cm³/mol. The lowest BCUT2D eigenvalue weighted by Crippen LogP contribution is -2.38. The van der Waals surface area contributed by atoms with E-state index in [1.165, 1.54) is 22.8 Å². The number of benzene rings is 2. The van der Waals surface area contributed by atoms with E-state index in [9.17, 15) is 4.39 Å². The summed E-state index contributed by atoms with van der Waals surface area (Å²) in [6, 6.07) is 11.3. The van der Waals surface area contributed by atoms with Crippen LogP contribution in [0.3, 0.4) is 0 Å². The SMILES string of the molecule is Cc1ccc(CC(Cc2ccc(Cl)c(F)c2)NN)cc1C. The summed E-state index contributed by atoms with van der Waals surface area (Å²) in [6.07, 6.45) is 1.44. The molecule has 1 unspecified atom stereocenters. The second-order valence-electron chi connectivity index (χ2n) is 5.44. The number of hydrogen-bond donors (Lipinski definition) is 2. The van der Waals surface area contributed by atoms with Gasteiger partial charge in [-0.05, 0) is 61.1 Å². The molecule has 0 aromatic heterocycles. The molecule has 0 radical (unpaired) electrons. The molecule has 3 N–H and O–H groups in total. The molecule has 0 saturated carbocycles. The summed E-state index contributed by atoms with van der Waals surface area (Å²) in [5.74, 6) is 5.24. The minimum absolute atomic E-state index is 0.0488. The van der Waals surface area contributed by atoms with Crippen molar-refractivity contribution < 1.29 is 4.39 Å². The molecular formula is C17H20ClFN2.